The Balaban J connectivity index is 1.35. The van der Waals surface area contributed by atoms with E-state index in [1.54, 1.807) is 10.3 Å². The van der Waals surface area contributed by atoms with Gasteiger partial charge in [-0.3, -0.25) is 4.79 Å². The first-order valence-electron chi connectivity index (χ1n) is 9.81. The Morgan fingerprint density at radius 2 is 1.75 bits per heavy atom. The van der Waals surface area contributed by atoms with Crippen LogP contribution in [0.2, 0.25) is 0 Å². The summed E-state index contributed by atoms with van der Waals surface area (Å²) in [5.74, 6) is 0.683. The number of hydrogen-bond acceptors (Lipinski definition) is 8. The molecule has 12 heteroatoms. The van der Waals surface area contributed by atoms with E-state index in [0.29, 0.717) is 48.8 Å². The van der Waals surface area contributed by atoms with E-state index in [-0.39, 0.29) is 5.91 Å². The number of piperazine rings is 1. The molecule has 0 unspecified atom stereocenters. The van der Waals surface area contributed by atoms with Crippen LogP contribution in [-0.4, -0.2) is 56.9 Å². The molecule has 32 heavy (non-hydrogen) atoms. The van der Waals surface area contributed by atoms with E-state index in [1.165, 1.54) is 17.4 Å². The number of carbonyl (C=O) groups excluding carboxylic acids is 1. The van der Waals surface area contributed by atoms with Crippen molar-refractivity contribution in [3.8, 4) is 0 Å². The maximum Gasteiger partial charge on any atom is 0.417 e. The molecule has 3 aromatic heterocycles. The number of rotatable bonds is 4. The van der Waals surface area contributed by atoms with Gasteiger partial charge in [0.25, 0.3) is 5.91 Å². The minimum Gasteiger partial charge on any atom is -0.353 e. The molecule has 1 N–H and O–H groups in total. The summed E-state index contributed by atoms with van der Waals surface area (Å²) >= 11 is 1.29. The first kappa shape index (κ1) is 21.9. The predicted octanol–water partition coefficient (Wildman–Crippen LogP) is 3.67. The van der Waals surface area contributed by atoms with E-state index in [2.05, 4.69) is 25.3 Å². The largest absolute Gasteiger partial charge is 0.417 e. The molecule has 168 valence electrons. The van der Waals surface area contributed by atoms with Gasteiger partial charge in [-0.2, -0.15) is 13.2 Å². The van der Waals surface area contributed by atoms with Crippen LogP contribution < -0.4 is 10.2 Å². The Morgan fingerprint density at radius 1 is 1.06 bits per heavy atom. The lowest BCUT2D eigenvalue weighted by Crippen LogP contribution is -2.49. The predicted molar refractivity (Wildman–Crippen MR) is 114 cm³/mol. The second-order valence-corrected chi connectivity index (χ2v) is 8.18. The fourth-order valence-corrected chi connectivity index (χ4v) is 4.03. The van der Waals surface area contributed by atoms with Gasteiger partial charge in [0.15, 0.2) is 5.13 Å². The molecule has 1 aliphatic heterocycles. The van der Waals surface area contributed by atoms with Gasteiger partial charge in [0.1, 0.15) is 11.5 Å². The molecular weight excluding hydrogens is 443 g/mol. The van der Waals surface area contributed by atoms with E-state index in [1.807, 2.05) is 24.8 Å². The number of amides is 1. The Labute approximate surface area is 186 Å². The Morgan fingerprint density at radius 3 is 2.34 bits per heavy atom. The number of aromatic nitrogens is 4. The number of halogens is 3. The number of anilines is 3. The van der Waals surface area contributed by atoms with Crippen LogP contribution in [0.3, 0.4) is 0 Å². The molecule has 0 atom stereocenters. The van der Waals surface area contributed by atoms with Crippen LogP contribution in [0.15, 0.2) is 29.8 Å². The maximum absolute atomic E-state index is 12.8. The van der Waals surface area contributed by atoms with Crippen molar-refractivity contribution in [3.05, 3.63) is 52.4 Å². The van der Waals surface area contributed by atoms with Crippen LogP contribution in [0.4, 0.5) is 30.1 Å². The van der Waals surface area contributed by atoms with Crippen LogP contribution in [-0.2, 0) is 6.18 Å². The van der Waals surface area contributed by atoms with Crippen LogP contribution in [0.5, 0.6) is 0 Å². The molecule has 0 saturated carbocycles. The summed E-state index contributed by atoms with van der Waals surface area (Å²) in [5.41, 5.74) is 1.19. The van der Waals surface area contributed by atoms with E-state index in [9.17, 15) is 18.0 Å². The summed E-state index contributed by atoms with van der Waals surface area (Å²) in [6.45, 7) is 5.52. The van der Waals surface area contributed by atoms with E-state index >= 15 is 0 Å². The van der Waals surface area contributed by atoms with E-state index in [0.717, 1.165) is 23.7 Å². The highest BCUT2D eigenvalue weighted by Gasteiger charge is 2.31. The highest BCUT2D eigenvalue weighted by Crippen LogP contribution is 2.29. The Kier molecular flexibility index (Phi) is 5.96. The first-order chi connectivity index (χ1) is 15.2. The summed E-state index contributed by atoms with van der Waals surface area (Å²) in [6.07, 6.45) is -3.59. The van der Waals surface area contributed by atoms with Crippen LogP contribution >= 0.6 is 11.3 Å². The van der Waals surface area contributed by atoms with Crippen molar-refractivity contribution in [2.45, 2.75) is 20.0 Å². The van der Waals surface area contributed by atoms with Gasteiger partial charge in [0, 0.05) is 49.1 Å². The zero-order chi connectivity index (χ0) is 22.9. The normalized spacial score (nSPS) is 14.5. The van der Waals surface area contributed by atoms with Crippen molar-refractivity contribution in [3.63, 3.8) is 0 Å². The lowest BCUT2D eigenvalue weighted by Gasteiger charge is -2.35. The molecule has 0 aromatic carbocycles. The van der Waals surface area contributed by atoms with E-state index in [4.69, 9.17) is 0 Å². The minimum atomic E-state index is -4.41. The molecule has 8 nitrogen and oxygen atoms in total. The van der Waals surface area contributed by atoms with Gasteiger partial charge in [0.2, 0.25) is 5.95 Å². The van der Waals surface area contributed by atoms with Gasteiger partial charge in [-0.05, 0) is 32.0 Å². The first-order valence-corrected chi connectivity index (χ1v) is 10.7. The second-order valence-electron chi connectivity index (χ2n) is 7.32. The fourth-order valence-electron chi connectivity index (χ4n) is 3.35. The molecule has 1 fully saturated rings. The summed E-state index contributed by atoms with van der Waals surface area (Å²) < 4.78 is 38.1. The Bertz CT molecular complexity index is 1090. The molecule has 0 aliphatic carbocycles. The van der Waals surface area contributed by atoms with Gasteiger partial charge in [-0.15, -0.1) is 11.3 Å². The van der Waals surface area contributed by atoms with Crippen LogP contribution in [0.1, 0.15) is 27.4 Å². The topological polar surface area (TPSA) is 87.1 Å². The molecule has 1 aliphatic rings. The van der Waals surface area contributed by atoms with Gasteiger partial charge < -0.3 is 15.1 Å². The molecule has 3 aromatic rings. The minimum absolute atomic E-state index is 0.198. The third kappa shape index (κ3) is 4.96. The third-order valence-electron chi connectivity index (χ3n) is 4.89. The van der Waals surface area contributed by atoms with Gasteiger partial charge in [-0.1, -0.05) is 0 Å². The monoisotopic (exact) mass is 463 g/mol. The lowest BCUT2D eigenvalue weighted by atomic mass is 10.2. The standard InChI is InChI=1S/C20H20F3N7OS/c1-12-9-13(2)26-18(25-12)28-19-27-15(11-32-19)17(31)30-7-5-29(6-8-30)16-4-3-14(10-24-16)20(21,22)23/h3-4,9-11H,5-8H2,1-2H3,(H,25,26,27,28). The molecule has 1 saturated heterocycles. The number of carbonyl (C=O) groups is 1. The fraction of sp³-hybridized carbons (Fsp3) is 0.350. The zero-order valence-corrected chi connectivity index (χ0v) is 18.2. The summed E-state index contributed by atoms with van der Waals surface area (Å²) in [4.78, 5) is 33.2. The van der Waals surface area contributed by atoms with Crippen molar-refractivity contribution >= 4 is 34.1 Å². The maximum atomic E-state index is 12.8. The quantitative estimate of drug-likeness (QED) is 0.632. The summed E-state index contributed by atoms with van der Waals surface area (Å²) in [7, 11) is 0. The van der Waals surface area contributed by atoms with Crippen molar-refractivity contribution in [1.29, 1.82) is 0 Å². The molecule has 4 heterocycles. The third-order valence-corrected chi connectivity index (χ3v) is 5.65. The second kappa shape index (κ2) is 8.69. The number of nitrogens with zero attached hydrogens (tertiary/aromatic N) is 6. The molecule has 0 bridgehead atoms. The molecule has 1 amide bonds. The Hall–Kier alpha value is -3.28. The van der Waals surface area contributed by atoms with Gasteiger partial charge >= 0.3 is 6.18 Å². The number of thiazole rings is 1. The number of alkyl halides is 3. The van der Waals surface area contributed by atoms with Crippen LogP contribution in [0.25, 0.3) is 0 Å². The number of pyridine rings is 1. The number of hydrogen-bond donors (Lipinski definition) is 1. The molecule has 4 rings (SSSR count). The number of nitrogens with one attached hydrogen (secondary N) is 1. The van der Waals surface area contributed by atoms with Gasteiger partial charge in [-0.25, -0.2) is 19.9 Å². The highest BCUT2D eigenvalue weighted by molar-refractivity contribution is 7.14. The van der Waals surface area contributed by atoms with Crippen molar-refractivity contribution in [1.82, 2.24) is 24.8 Å². The number of aryl methyl sites for hydroxylation is 2. The smallest absolute Gasteiger partial charge is 0.353 e. The molecule has 0 spiro atoms. The van der Waals surface area contributed by atoms with Crippen LogP contribution in [0, 0.1) is 13.8 Å². The molecular formula is C20H20F3N7OS. The summed E-state index contributed by atoms with van der Waals surface area (Å²) in [6, 6.07) is 4.23. The highest BCUT2D eigenvalue weighted by atomic mass is 32.1. The van der Waals surface area contributed by atoms with Crippen molar-refractivity contribution in [2.75, 3.05) is 36.4 Å². The molecule has 0 radical (unpaired) electrons. The van der Waals surface area contributed by atoms with E-state index < -0.39 is 11.7 Å². The van der Waals surface area contributed by atoms with Crippen molar-refractivity contribution in [2.24, 2.45) is 0 Å². The summed E-state index contributed by atoms with van der Waals surface area (Å²) in [5, 5.41) is 5.22. The average Bonchev–Trinajstić information content (AvgIpc) is 3.20. The lowest BCUT2D eigenvalue weighted by molar-refractivity contribution is -0.137. The average molecular weight is 463 g/mol. The zero-order valence-electron chi connectivity index (χ0n) is 17.3. The SMILES string of the molecule is Cc1cc(C)nc(Nc2nc(C(=O)N3CCN(c4ccc(C(F)(F)F)cn4)CC3)cs2)n1. The van der Waals surface area contributed by atoms with Crippen molar-refractivity contribution < 1.29 is 18.0 Å². The van der Waals surface area contributed by atoms with Gasteiger partial charge in [0.05, 0.1) is 5.56 Å².